The third-order valence-corrected chi connectivity index (χ3v) is 6.31. The lowest BCUT2D eigenvalue weighted by Crippen LogP contribution is -2.59. The molecule has 0 bridgehead atoms. The second-order valence-electron chi connectivity index (χ2n) is 8.81. The van der Waals surface area contributed by atoms with Gasteiger partial charge in [-0.25, -0.2) is 0 Å². The predicted octanol–water partition coefficient (Wildman–Crippen LogP) is -0.272. The van der Waals surface area contributed by atoms with Crippen LogP contribution in [0.25, 0.3) is 0 Å². The Kier molecular flexibility index (Phi) is 7.06. The fourth-order valence-corrected chi connectivity index (χ4v) is 4.38. The van der Waals surface area contributed by atoms with E-state index in [2.05, 4.69) is 0 Å². The van der Waals surface area contributed by atoms with Crippen LogP contribution < -0.4 is 0 Å². The molecule has 0 aromatic heterocycles. The molecule has 5 N–H and O–H groups in total. The molecule has 1 aliphatic carbocycles. The third kappa shape index (κ3) is 4.53. The van der Waals surface area contributed by atoms with Gasteiger partial charge >= 0.3 is 0 Å². The first-order valence-corrected chi connectivity index (χ1v) is 9.63. The van der Waals surface area contributed by atoms with Gasteiger partial charge < -0.3 is 35.0 Å². The Hall–Kier alpha value is -0.610. The highest BCUT2D eigenvalue weighted by molar-refractivity contribution is 5.80. The Bertz CT molecular complexity index is 522. The summed E-state index contributed by atoms with van der Waals surface area (Å²) >= 11 is 0. The Labute approximate surface area is 160 Å². The van der Waals surface area contributed by atoms with Crippen molar-refractivity contribution in [3.63, 3.8) is 0 Å². The lowest BCUT2D eigenvalue weighted by atomic mass is 9.58. The molecule has 0 radical (unpaired) electrons. The minimum Gasteiger partial charge on any atom is -0.394 e. The molecule has 0 unspecified atom stereocenters. The van der Waals surface area contributed by atoms with Gasteiger partial charge in [0.2, 0.25) is 0 Å². The topological polar surface area (TPSA) is 137 Å². The van der Waals surface area contributed by atoms with Gasteiger partial charge in [0.05, 0.1) is 18.3 Å². The molecule has 8 heteroatoms. The highest BCUT2D eigenvalue weighted by atomic mass is 16.7. The van der Waals surface area contributed by atoms with Crippen molar-refractivity contribution in [3.8, 4) is 0 Å². The van der Waals surface area contributed by atoms with Crippen LogP contribution in [0, 0.1) is 11.3 Å². The zero-order chi connectivity index (χ0) is 20.6. The summed E-state index contributed by atoms with van der Waals surface area (Å²) in [5.41, 5.74) is -1.57. The number of ether oxygens (including phenoxy) is 2. The van der Waals surface area contributed by atoms with Gasteiger partial charge in [-0.2, -0.15) is 0 Å². The van der Waals surface area contributed by atoms with E-state index in [9.17, 15) is 30.3 Å². The number of hydrogen-bond acceptors (Lipinski definition) is 8. The summed E-state index contributed by atoms with van der Waals surface area (Å²) in [6.07, 6.45) is -5.45. The van der Waals surface area contributed by atoms with Crippen LogP contribution >= 0.6 is 0 Å². The molecule has 158 valence electrons. The molecule has 8 nitrogen and oxygen atoms in total. The van der Waals surface area contributed by atoms with Gasteiger partial charge in [-0.3, -0.25) is 4.79 Å². The van der Waals surface area contributed by atoms with Crippen molar-refractivity contribution < 1.29 is 39.8 Å². The molecule has 0 spiro atoms. The van der Waals surface area contributed by atoms with Crippen LogP contribution in [0.2, 0.25) is 0 Å². The van der Waals surface area contributed by atoms with Gasteiger partial charge in [0.25, 0.3) is 0 Å². The summed E-state index contributed by atoms with van der Waals surface area (Å²) in [5, 5.41) is 50.2. The van der Waals surface area contributed by atoms with E-state index in [0.29, 0.717) is 25.7 Å². The lowest BCUT2D eigenvalue weighted by Gasteiger charge is -2.50. The molecular weight excluding hydrogens is 356 g/mol. The van der Waals surface area contributed by atoms with Crippen molar-refractivity contribution in [2.24, 2.45) is 11.3 Å². The maximum atomic E-state index is 11.9. The monoisotopic (exact) mass is 390 g/mol. The lowest BCUT2D eigenvalue weighted by molar-refractivity contribution is -0.311. The molecule has 2 rings (SSSR count). The average molecular weight is 390 g/mol. The van der Waals surface area contributed by atoms with Crippen LogP contribution in [0.5, 0.6) is 0 Å². The molecule has 2 fully saturated rings. The highest BCUT2D eigenvalue weighted by Gasteiger charge is 2.52. The fraction of sp³-hybridized carbons (Fsp3) is 0.947. The second-order valence-corrected chi connectivity index (χ2v) is 8.81. The minimum atomic E-state index is -1.49. The van der Waals surface area contributed by atoms with Crippen molar-refractivity contribution in [2.75, 3.05) is 6.61 Å². The number of hydrogen-bond donors (Lipinski definition) is 5. The summed E-state index contributed by atoms with van der Waals surface area (Å²) in [7, 11) is 0. The number of aliphatic hydroxyl groups excluding tert-OH is 4. The van der Waals surface area contributed by atoms with Crippen LogP contribution in [-0.2, 0) is 14.3 Å². The zero-order valence-corrected chi connectivity index (χ0v) is 16.5. The molecule has 2 aliphatic rings. The standard InChI is InChI=1S/C19H34O8/c1-10-7-12(21)8-18(3,4)19(10,25)6-5-11(2)26-17-16(24)15(23)14(22)13(9-20)27-17/h10-11,13-17,20,22-25H,5-9H2,1-4H3/t10-,11-,13-,14-,15+,16-,17-,19-/m1/s1. The largest absolute Gasteiger partial charge is 0.394 e. The first-order valence-electron chi connectivity index (χ1n) is 9.63. The number of carbonyl (C=O) groups excluding carboxylic acids is 1. The van der Waals surface area contributed by atoms with Crippen molar-refractivity contribution in [1.82, 2.24) is 0 Å². The van der Waals surface area contributed by atoms with E-state index in [-0.39, 0.29) is 11.7 Å². The van der Waals surface area contributed by atoms with E-state index >= 15 is 0 Å². The number of aliphatic hydroxyl groups is 5. The Morgan fingerprint density at radius 1 is 1.22 bits per heavy atom. The van der Waals surface area contributed by atoms with Gasteiger partial charge in [0, 0.05) is 18.3 Å². The summed E-state index contributed by atoms with van der Waals surface area (Å²) in [5.74, 6) is -0.0176. The first kappa shape index (κ1) is 22.7. The van der Waals surface area contributed by atoms with E-state index in [1.165, 1.54) is 0 Å². The normalized spacial score (nSPS) is 43.5. The Balaban J connectivity index is 1.97. The fourth-order valence-electron chi connectivity index (χ4n) is 4.38. The summed E-state index contributed by atoms with van der Waals surface area (Å²) in [6, 6.07) is 0. The van der Waals surface area contributed by atoms with E-state index in [1.807, 2.05) is 20.8 Å². The predicted molar refractivity (Wildman–Crippen MR) is 95.7 cm³/mol. The van der Waals surface area contributed by atoms with Crippen LogP contribution in [0.3, 0.4) is 0 Å². The molecule has 1 saturated carbocycles. The van der Waals surface area contributed by atoms with Crippen molar-refractivity contribution in [2.45, 2.75) is 95.8 Å². The first-order chi connectivity index (χ1) is 12.4. The number of carbonyl (C=O) groups is 1. The Morgan fingerprint density at radius 3 is 2.41 bits per heavy atom. The molecule has 1 aliphatic heterocycles. The van der Waals surface area contributed by atoms with Crippen molar-refractivity contribution in [3.05, 3.63) is 0 Å². The van der Waals surface area contributed by atoms with Gasteiger partial charge in [-0.15, -0.1) is 0 Å². The molecule has 0 amide bonds. The quantitative estimate of drug-likeness (QED) is 0.418. The molecule has 8 atom stereocenters. The van der Waals surface area contributed by atoms with Gasteiger partial charge in [-0.1, -0.05) is 20.8 Å². The maximum Gasteiger partial charge on any atom is 0.186 e. The van der Waals surface area contributed by atoms with Gasteiger partial charge in [-0.05, 0) is 25.7 Å². The van der Waals surface area contributed by atoms with Crippen LogP contribution in [0.4, 0.5) is 0 Å². The molecular formula is C19H34O8. The van der Waals surface area contributed by atoms with E-state index < -0.39 is 54.4 Å². The smallest absolute Gasteiger partial charge is 0.186 e. The zero-order valence-electron chi connectivity index (χ0n) is 16.5. The van der Waals surface area contributed by atoms with Gasteiger partial charge in [0.1, 0.15) is 30.2 Å². The molecule has 0 aromatic carbocycles. The highest BCUT2D eigenvalue weighted by Crippen LogP contribution is 2.48. The number of rotatable bonds is 6. The average Bonchev–Trinajstić information content (AvgIpc) is 2.58. The van der Waals surface area contributed by atoms with E-state index in [1.54, 1.807) is 6.92 Å². The third-order valence-electron chi connectivity index (χ3n) is 6.31. The molecule has 1 heterocycles. The summed E-state index contributed by atoms with van der Waals surface area (Å²) < 4.78 is 11.0. The molecule has 0 aromatic rings. The van der Waals surface area contributed by atoms with Crippen LogP contribution in [-0.4, -0.2) is 80.3 Å². The number of Topliss-reactive ketones (excluding diaryl/α,β-unsaturated/α-hetero) is 1. The minimum absolute atomic E-state index is 0.155. The van der Waals surface area contributed by atoms with Gasteiger partial charge in [0.15, 0.2) is 6.29 Å². The molecule has 27 heavy (non-hydrogen) atoms. The second kappa shape index (κ2) is 8.41. The Morgan fingerprint density at radius 2 is 1.85 bits per heavy atom. The van der Waals surface area contributed by atoms with Crippen LogP contribution in [0.15, 0.2) is 0 Å². The number of ketones is 1. The summed E-state index contributed by atoms with van der Waals surface area (Å²) in [4.78, 5) is 11.9. The SMILES string of the molecule is C[C@H](CC[C@@]1(O)[C@H](C)CC(=O)CC1(C)C)O[C@@H]1O[C@H](CO)[C@@H](O)[C@H](O)[C@H]1O. The molecule has 1 saturated heterocycles. The summed E-state index contributed by atoms with van der Waals surface area (Å²) in [6.45, 7) is 6.91. The maximum absolute atomic E-state index is 11.9. The van der Waals surface area contributed by atoms with E-state index in [4.69, 9.17) is 9.47 Å². The van der Waals surface area contributed by atoms with Crippen LogP contribution in [0.1, 0.15) is 53.4 Å². The van der Waals surface area contributed by atoms with Crippen molar-refractivity contribution >= 4 is 5.78 Å². The van der Waals surface area contributed by atoms with Crippen molar-refractivity contribution in [1.29, 1.82) is 0 Å². The van der Waals surface area contributed by atoms with E-state index in [0.717, 1.165) is 0 Å².